The summed E-state index contributed by atoms with van der Waals surface area (Å²) in [7, 11) is -1.68. The van der Waals surface area contributed by atoms with Crippen LogP contribution in [-0.2, 0) is 17.5 Å². The lowest BCUT2D eigenvalue weighted by Gasteiger charge is -2.36. The Balaban J connectivity index is 1.52. The van der Waals surface area contributed by atoms with Crippen molar-refractivity contribution in [1.82, 2.24) is 0 Å². The third-order valence-corrected chi connectivity index (χ3v) is 10.8. The average Bonchev–Trinajstić information content (AvgIpc) is 3.39. The first-order valence-corrected chi connectivity index (χ1v) is 13.2. The summed E-state index contributed by atoms with van der Waals surface area (Å²) in [5.41, 5.74) is 2.12. The van der Waals surface area contributed by atoms with E-state index in [0.29, 0.717) is 24.2 Å². The highest BCUT2D eigenvalue weighted by Crippen LogP contribution is 2.45. The number of phenols is 1. The van der Waals surface area contributed by atoms with Gasteiger partial charge in [0.25, 0.3) is 0 Å². The molecule has 3 nitrogen and oxygen atoms in total. The highest BCUT2D eigenvalue weighted by atomic mass is 28.4. The molecular weight excluding hydrogens is 364 g/mol. The number of hydrogen-bond acceptors (Lipinski definition) is 3. The van der Waals surface area contributed by atoms with Crippen LogP contribution in [0.25, 0.3) is 0 Å². The molecule has 0 amide bonds. The Bertz CT molecular complexity index is 780. The zero-order valence-corrected chi connectivity index (χ0v) is 18.9. The minimum atomic E-state index is -1.68. The van der Waals surface area contributed by atoms with Gasteiger partial charge < -0.3 is 14.3 Å². The summed E-state index contributed by atoms with van der Waals surface area (Å²) in [4.78, 5) is 0. The lowest BCUT2D eigenvalue weighted by molar-refractivity contribution is 0.265. The normalized spacial score (nSPS) is 19.5. The van der Waals surface area contributed by atoms with E-state index in [2.05, 4.69) is 46.0 Å². The van der Waals surface area contributed by atoms with E-state index in [-0.39, 0.29) is 5.04 Å². The second-order valence-electron chi connectivity index (χ2n) is 9.60. The molecule has 1 aliphatic carbocycles. The second-order valence-corrected chi connectivity index (χ2v) is 14.4. The number of aromatic hydroxyl groups is 1. The highest BCUT2D eigenvalue weighted by Gasteiger charge is 2.42. The van der Waals surface area contributed by atoms with Crippen LogP contribution in [0.15, 0.2) is 48.5 Å². The Morgan fingerprint density at radius 1 is 1.04 bits per heavy atom. The van der Waals surface area contributed by atoms with Gasteiger partial charge in [0.15, 0.2) is 8.32 Å². The van der Waals surface area contributed by atoms with Crippen molar-refractivity contribution >= 4 is 8.32 Å². The van der Waals surface area contributed by atoms with Crippen LogP contribution in [0.3, 0.4) is 0 Å². The third kappa shape index (κ3) is 5.39. The monoisotopic (exact) mass is 398 g/mol. The van der Waals surface area contributed by atoms with Gasteiger partial charge in [-0.1, -0.05) is 51.1 Å². The molecule has 0 saturated heterocycles. The van der Waals surface area contributed by atoms with Gasteiger partial charge in [-0.05, 0) is 72.1 Å². The van der Waals surface area contributed by atoms with Crippen LogP contribution in [0.1, 0.15) is 38.3 Å². The van der Waals surface area contributed by atoms with E-state index in [9.17, 15) is 5.11 Å². The summed E-state index contributed by atoms with van der Waals surface area (Å²) in [6.45, 7) is 12.9. The molecule has 3 rings (SSSR count). The minimum Gasteiger partial charge on any atom is -0.508 e. The lowest BCUT2D eigenvalue weighted by Crippen LogP contribution is -2.41. The molecule has 0 spiro atoms. The largest absolute Gasteiger partial charge is 0.508 e. The van der Waals surface area contributed by atoms with Gasteiger partial charge in [0.1, 0.15) is 18.1 Å². The van der Waals surface area contributed by atoms with E-state index in [0.717, 1.165) is 29.9 Å². The van der Waals surface area contributed by atoms with Crippen molar-refractivity contribution < 1.29 is 14.3 Å². The molecule has 2 aromatic rings. The van der Waals surface area contributed by atoms with Crippen LogP contribution < -0.4 is 4.74 Å². The maximum Gasteiger partial charge on any atom is 0.191 e. The van der Waals surface area contributed by atoms with Gasteiger partial charge in [0.05, 0.1) is 0 Å². The van der Waals surface area contributed by atoms with Crippen LogP contribution in [0, 0.1) is 11.8 Å². The van der Waals surface area contributed by atoms with E-state index in [4.69, 9.17) is 9.16 Å². The number of hydrogen-bond donors (Lipinski definition) is 1. The van der Waals surface area contributed by atoms with Crippen molar-refractivity contribution in [2.24, 2.45) is 11.8 Å². The van der Waals surface area contributed by atoms with Gasteiger partial charge >= 0.3 is 0 Å². The van der Waals surface area contributed by atoms with Crippen molar-refractivity contribution in [3.63, 3.8) is 0 Å². The highest BCUT2D eigenvalue weighted by molar-refractivity contribution is 6.74. The number of benzene rings is 2. The van der Waals surface area contributed by atoms with Crippen molar-refractivity contribution in [1.29, 1.82) is 0 Å². The molecule has 0 heterocycles. The molecule has 2 aromatic carbocycles. The fourth-order valence-electron chi connectivity index (χ4n) is 3.13. The number of ether oxygens (including phenoxy) is 1. The number of phenolic OH excluding ortho intramolecular Hbond substituents is 1. The Morgan fingerprint density at radius 3 is 2.43 bits per heavy atom. The van der Waals surface area contributed by atoms with Crippen LogP contribution in [0.4, 0.5) is 0 Å². The first-order chi connectivity index (χ1) is 13.2. The van der Waals surface area contributed by atoms with Crippen LogP contribution >= 0.6 is 0 Å². The van der Waals surface area contributed by atoms with Gasteiger partial charge in [-0.3, -0.25) is 0 Å². The van der Waals surface area contributed by atoms with Crippen molar-refractivity contribution in [3.05, 3.63) is 59.7 Å². The van der Waals surface area contributed by atoms with E-state index >= 15 is 0 Å². The molecule has 1 aliphatic rings. The van der Waals surface area contributed by atoms with Crippen LogP contribution in [0.5, 0.6) is 11.5 Å². The van der Waals surface area contributed by atoms with Crippen molar-refractivity contribution in [2.75, 3.05) is 6.61 Å². The van der Waals surface area contributed by atoms with Crippen molar-refractivity contribution in [2.45, 2.75) is 58.4 Å². The standard InChI is InChI=1S/C24H34O3Si/c1-24(2,3)28(4,5)27-17-21-14-19(21)13-20-15-22(11-12-23(20)25)26-16-18-9-7-6-8-10-18/h6-12,15,19,21,25H,13-14,16-17H2,1-5H3. The van der Waals surface area contributed by atoms with E-state index < -0.39 is 8.32 Å². The predicted molar refractivity (Wildman–Crippen MR) is 117 cm³/mol. The maximum atomic E-state index is 10.3. The summed E-state index contributed by atoms with van der Waals surface area (Å²) in [5.74, 6) is 2.39. The first kappa shape index (κ1) is 20.9. The van der Waals surface area contributed by atoms with E-state index in [1.54, 1.807) is 6.07 Å². The summed E-state index contributed by atoms with van der Waals surface area (Å²) < 4.78 is 12.3. The molecule has 0 aromatic heterocycles. The molecule has 2 atom stereocenters. The molecule has 28 heavy (non-hydrogen) atoms. The van der Waals surface area contributed by atoms with Crippen LogP contribution in [-0.4, -0.2) is 20.0 Å². The summed E-state index contributed by atoms with van der Waals surface area (Å²) in [5, 5.41) is 10.5. The minimum absolute atomic E-state index is 0.250. The fourth-order valence-corrected chi connectivity index (χ4v) is 4.20. The maximum absolute atomic E-state index is 10.3. The average molecular weight is 399 g/mol. The Kier molecular flexibility index (Phi) is 6.21. The lowest BCUT2D eigenvalue weighted by atomic mass is 10.1. The molecule has 4 heteroatoms. The van der Waals surface area contributed by atoms with Gasteiger partial charge in [-0.15, -0.1) is 0 Å². The molecule has 1 N–H and O–H groups in total. The Labute approximate surface area is 170 Å². The molecule has 1 fully saturated rings. The quantitative estimate of drug-likeness (QED) is 0.540. The van der Waals surface area contributed by atoms with Gasteiger partial charge in [0, 0.05) is 6.61 Å². The van der Waals surface area contributed by atoms with Gasteiger partial charge in [0.2, 0.25) is 0 Å². The van der Waals surface area contributed by atoms with Crippen molar-refractivity contribution in [3.8, 4) is 11.5 Å². The molecule has 1 saturated carbocycles. The molecule has 0 bridgehead atoms. The van der Waals surface area contributed by atoms with Gasteiger partial charge in [-0.25, -0.2) is 0 Å². The second kappa shape index (κ2) is 8.30. The smallest absolute Gasteiger partial charge is 0.191 e. The zero-order valence-electron chi connectivity index (χ0n) is 17.9. The molecule has 0 aliphatic heterocycles. The Morgan fingerprint density at radius 2 is 1.75 bits per heavy atom. The van der Waals surface area contributed by atoms with Crippen LogP contribution in [0.2, 0.25) is 18.1 Å². The first-order valence-electron chi connectivity index (χ1n) is 10.3. The molecule has 0 radical (unpaired) electrons. The SMILES string of the molecule is CC(C)(C)[Si](C)(C)OCC1CC1Cc1cc(OCc2ccccc2)ccc1O. The third-order valence-electron chi connectivity index (χ3n) is 6.31. The predicted octanol–water partition coefficient (Wildman–Crippen LogP) is 6.17. The topological polar surface area (TPSA) is 38.7 Å². The van der Waals surface area contributed by atoms with Gasteiger partial charge in [-0.2, -0.15) is 0 Å². The Hall–Kier alpha value is -1.78. The summed E-state index contributed by atoms with van der Waals surface area (Å²) in [6, 6.07) is 15.7. The summed E-state index contributed by atoms with van der Waals surface area (Å²) in [6.07, 6.45) is 2.07. The fraction of sp³-hybridized carbons (Fsp3) is 0.500. The molecule has 2 unspecified atom stereocenters. The molecule has 152 valence electrons. The van der Waals surface area contributed by atoms with E-state index in [1.165, 1.54) is 6.42 Å². The summed E-state index contributed by atoms with van der Waals surface area (Å²) >= 11 is 0. The zero-order chi connectivity index (χ0) is 20.4. The number of rotatable bonds is 8. The van der Waals surface area contributed by atoms with E-state index in [1.807, 2.05) is 30.3 Å². The molecular formula is C24H34O3Si.